The normalized spacial score (nSPS) is 29.4. The van der Waals surface area contributed by atoms with E-state index in [9.17, 15) is 14.4 Å². The zero-order valence-corrected chi connectivity index (χ0v) is 14.6. The average Bonchev–Trinajstić information content (AvgIpc) is 3.24. The molecule has 25 heavy (non-hydrogen) atoms. The minimum atomic E-state index is -0.256. The van der Waals surface area contributed by atoms with E-state index in [2.05, 4.69) is 0 Å². The predicted octanol–water partition coefficient (Wildman–Crippen LogP) is 2.11. The smallest absolute Gasteiger partial charge is 0.242 e. The Labute approximate surface area is 151 Å². The number of hydrogen-bond donors (Lipinski definition) is 0. The van der Waals surface area contributed by atoms with E-state index in [1.54, 1.807) is 19.2 Å². The van der Waals surface area contributed by atoms with Gasteiger partial charge in [0.15, 0.2) is 0 Å². The standard InChI is InChI=1S/C19H19ClN2O3/c1-21(9-11-3-2-4-14(20)7-11)15(23)10-22-18(24)16-12-5-6-13(8-12)17(16)19(22)25/h2-7,12-13,16-17H,8-10H2,1H3. The molecule has 0 aromatic heterocycles. The van der Waals surface area contributed by atoms with Gasteiger partial charge < -0.3 is 4.90 Å². The van der Waals surface area contributed by atoms with Crippen LogP contribution in [0.3, 0.4) is 0 Å². The Hall–Kier alpha value is -2.14. The lowest BCUT2D eigenvalue weighted by Crippen LogP contribution is -2.42. The van der Waals surface area contributed by atoms with Crippen molar-refractivity contribution in [1.29, 1.82) is 0 Å². The van der Waals surface area contributed by atoms with Gasteiger partial charge in [-0.05, 0) is 36.0 Å². The van der Waals surface area contributed by atoms with Crippen LogP contribution in [0.1, 0.15) is 12.0 Å². The molecule has 4 rings (SSSR count). The zero-order valence-electron chi connectivity index (χ0n) is 13.9. The number of likely N-dealkylation sites (tertiary alicyclic amines) is 1. The quantitative estimate of drug-likeness (QED) is 0.612. The highest BCUT2D eigenvalue weighted by molar-refractivity contribution is 6.30. The van der Waals surface area contributed by atoms with Gasteiger partial charge in [-0.2, -0.15) is 0 Å². The average molecular weight is 359 g/mol. The Morgan fingerprint density at radius 3 is 2.44 bits per heavy atom. The number of rotatable bonds is 4. The second-order valence-electron chi connectivity index (χ2n) is 7.14. The zero-order chi connectivity index (χ0) is 17.7. The molecule has 1 saturated carbocycles. The van der Waals surface area contributed by atoms with Crippen molar-refractivity contribution in [2.75, 3.05) is 13.6 Å². The second-order valence-corrected chi connectivity index (χ2v) is 7.58. The molecule has 2 bridgehead atoms. The summed E-state index contributed by atoms with van der Waals surface area (Å²) >= 11 is 5.96. The molecule has 4 atom stereocenters. The Morgan fingerprint density at radius 1 is 1.20 bits per heavy atom. The second kappa shape index (κ2) is 5.99. The number of carbonyl (C=O) groups is 3. The molecular weight excluding hydrogens is 340 g/mol. The first-order valence-corrected chi connectivity index (χ1v) is 8.85. The third-order valence-electron chi connectivity index (χ3n) is 5.59. The maximum Gasteiger partial charge on any atom is 0.242 e. The topological polar surface area (TPSA) is 57.7 Å². The van der Waals surface area contributed by atoms with Crippen LogP contribution in [0.25, 0.3) is 0 Å². The minimum absolute atomic E-state index is 0.163. The van der Waals surface area contributed by atoms with E-state index in [4.69, 9.17) is 11.6 Å². The molecule has 1 saturated heterocycles. The molecule has 1 heterocycles. The van der Waals surface area contributed by atoms with E-state index in [1.165, 1.54) is 4.90 Å². The summed E-state index contributed by atoms with van der Waals surface area (Å²) < 4.78 is 0. The molecule has 4 unspecified atom stereocenters. The van der Waals surface area contributed by atoms with Crippen LogP contribution in [0.5, 0.6) is 0 Å². The fraction of sp³-hybridized carbons (Fsp3) is 0.421. The molecule has 1 aromatic rings. The van der Waals surface area contributed by atoms with Gasteiger partial charge >= 0.3 is 0 Å². The lowest BCUT2D eigenvalue weighted by Gasteiger charge is -2.22. The number of fused-ring (bicyclic) bond motifs is 5. The fourth-order valence-electron chi connectivity index (χ4n) is 4.37. The summed E-state index contributed by atoms with van der Waals surface area (Å²) in [4.78, 5) is 40.5. The molecule has 0 N–H and O–H groups in total. The highest BCUT2D eigenvalue weighted by Gasteiger charge is 2.59. The number of likely N-dealkylation sites (N-methyl/N-ethyl adjacent to an activating group) is 1. The van der Waals surface area contributed by atoms with Gasteiger partial charge in [-0.25, -0.2) is 0 Å². The van der Waals surface area contributed by atoms with Crippen LogP contribution in [-0.4, -0.2) is 41.1 Å². The summed E-state index contributed by atoms with van der Waals surface area (Å²) in [6, 6.07) is 7.28. The molecule has 1 aliphatic heterocycles. The third-order valence-corrected chi connectivity index (χ3v) is 5.82. The van der Waals surface area contributed by atoms with Gasteiger partial charge in [0, 0.05) is 18.6 Å². The summed E-state index contributed by atoms with van der Waals surface area (Å²) in [5.41, 5.74) is 0.904. The Kier molecular flexibility index (Phi) is 3.91. The van der Waals surface area contributed by atoms with Crippen molar-refractivity contribution in [3.8, 4) is 0 Å². The summed E-state index contributed by atoms with van der Waals surface area (Å²) in [6.45, 7) is 0.205. The highest BCUT2D eigenvalue weighted by Crippen LogP contribution is 2.52. The summed E-state index contributed by atoms with van der Waals surface area (Å²) in [6.07, 6.45) is 4.99. The molecule has 3 amide bonds. The predicted molar refractivity (Wildman–Crippen MR) is 92.4 cm³/mol. The van der Waals surface area contributed by atoms with Crippen LogP contribution in [0.15, 0.2) is 36.4 Å². The largest absolute Gasteiger partial charge is 0.340 e. The summed E-state index contributed by atoms with van der Waals surface area (Å²) in [5.74, 6) is -0.803. The van der Waals surface area contributed by atoms with Gasteiger partial charge in [-0.15, -0.1) is 0 Å². The molecule has 0 spiro atoms. The van der Waals surface area contributed by atoms with Crippen LogP contribution in [0.2, 0.25) is 5.02 Å². The number of benzene rings is 1. The SMILES string of the molecule is CN(Cc1cccc(Cl)c1)C(=O)CN1C(=O)C2C3C=CC(C3)C2C1=O. The van der Waals surface area contributed by atoms with Crippen molar-refractivity contribution in [3.05, 3.63) is 47.0 Å². The lowest BCUT2D eigenvalue weighted by atomic mass is 9.85. The van der Waals surface area contributed by atoms with E-state index >= 15 is 0 Å². The molecule has 1 aromatic carbocycles. The molecular formula is C19H19ClN2O3. The van der Waals surface area contributed by atoms with E-state index in [0.717, 1.165) is 16.9 Å². The van der Waals surface area contributed by atoms with Crippen molar-refractivity contribution < 1.29 is 14.4 Å². The first-order chi connectivity index (χ1) is 12.0. The number of carbonyl (C=O) groups excluding carboxylic acids is 3. The number of amides is 3. The van der Waals surface area contributed by atoms with E-state index in [1.807, 2.05) is 24.3 Å². The van der Waals surface area contributed by atoms with Crippen LogP contribution in [0, 0.1) is 23.7 Å². The minimum Gasteiger partial charge on any atom is -0.340 e. The number of halogens is 1. The van der Waals surface area contributed by atoms with Gasteiger partial charge in [0.25, 0.3) is 0 Å². The lowest BCUT2D eigenvalue weighted by molar-refractivity contribution is -0.146. The van der Waals surface area contributed by atoms with Crippen molar-refractivity contribution in [2.24, 2.45) is 23.7 Å². The molecule has 5 nitrogen and oxygen atoms in total. The van der Waals surface area contributed by atoms with E-state index < -0.39 is 0 Å². The van der Waals surface area contributed by atoms with Crippen LogP contribution >= 0.6 is 11.6 Å². The molecule has 0 radical (unpaired) electrons. The molecule has 130 valence electrons. The first kappa shape index (κ1) is 16.3. The molecule has 2 fully saturated rings. The molecule has 6 heteroatoms. The van der Waals surface area contributed by atoms with Crippen molar-refractivity contribution >= 4 is 29.3 Å². The summed E-state index contributed by atoms with van der Waals surface area (Å²) in [7, 11) is 1.67. The number of imide groups is 1. The van der Waals surface area contributed by atoms with Crippen LogP contribution < -0.4 is 0 Å². The Morgan fingerprint density at radius 2 is 1.84 bits per heavy atom. The van der Waals surface area contributed by atoms with Gasteiger partial charge in [-0.3, -0.25) is 19.3 Å². The van der Waals surface area contributed by atoms with Gasteiger partial charge in [0.05, 0.1) is 11.8 Å². The fourth-order valence-corrected chi connectivity index (χ4v) is 4.59. The van der Waals surface area contributed by atoms with Gasteiger partial charge in [0.2, 0.25) is 17.7 Å². The molecule has 3 aliphatic rings. The monoisotopic (exact) mass is 358 g/mol. The number of allylic oxidation sites excluding steroid dienone is 2. The maximum absolute atomic E-state index is 12.6. The Balaban J connectivity index is 1.43. The van der Waals surface area contributed by atoms with Crippen LogP contribution in [0.4, 0.5) is 0 Å². The summed E-state index contributed by atoms with van der Waals surface area (Å²) in [5, 5.41) is 0.610. The maximum atomic E-state index is 12.6. The Bertz CT molecular complexity index is 761. The molecule has 2 aliphatic carbocycles. The third kappa shape index (κ3) is 2.67. The van der Waals surface area contributed by atoms with E-state index in [-0.39, 0.29) is 47.9 Å². The van der Waals surface area contributed by atoms with Crippen molar-refractivity contribution in [2.45, 2.75) is 13.0 Å². The number of nitrogens with zero attached hydrogens (tertiary/aromatic N) is 2. The van der Waals surface area contributed by atoms with Crippen molar-refractivity contribution in [1.82, 2.24) is 9.80 Å². The number of hydrogen-bond acceptors (Lipinski definition) is 3. The highest BCUT2D eigenvalue weighted by atomic mass is 35.5. The van der Waals surface area contributed by atoms with Crippen LogP contribution in [-0.2, 0) is 20.9 Å². The van der Waals surface area contributed by atoms with Gasteiger partial charge in [-0.1, -0.05) is 35.9 Å². The van der Waals surface area contributed by atoms with E-state index in [0.29, 0.717) is 11.6 Å². The first-order valence-electron chi connectivity index (χ1n) is 8.47. The van der Waals surface area contributed by atoms with Crippen molar-refractivity contribution in [3.63, 3.8) is 0 Å². The van der Waals surface area contributed by atoms with Gasteiger partial charge in [0.1, 0.15) is 6.54 Å².